The molecule has 0 saturated carbocycles. The number of nitrogens with one attached hydrogen (secondary N) is 1. The van der Waals surface area contributed by atoms with E-state index in [1.54, 1.807) is 12.1 Å². The van der Waals surface area contributed by atoms with E-state index in [-0.39, 0.29) is 6.42 Å². The van der Waals surface area contributed by atoms with E-state index in [0.29, 0.717) is 34.2 Å². The van der Waals surface area contributed by atoms with Crippen molar-refractivity contribution in [2.24, 2.45) is 0 Å². The number of amides is 1. The average Bonchev–Trinajstić information content (AvgIpc) is 3.17. The number of carbonyl (C=O) groups excluding carboxylic acids is 2. The highest BCUT2D eigenvalue weighted by Crippen LogP contribution is 2.39. The summed E-state index contributed by atoms with van der Waals surface area (Å²) in [5.41, 5.74) is 2.39. The third-order valence-corrected chi connectivity index (χ3v) is 6.45. The molecule has 9 heteroatoms. The number of esters is 1. The summed E-state index contributed by atoms with van der Waals surface area (Å²) in [6.07, 6.45) is 4.40. The van der Waals surface area contributed by atoms with Gasteiger partial charge in [0.25, 0.3) is 5.91 Å². The maximum Gasteiger partial charge on any atom is 0.306 e. The van der Waals surface area contributed by atoms with E-state index in [9.17, 15) is 14.9 Å². The number of benzene rings is 1. The minimum atomic E-state index is -0.500. The number of fused-ring (bicyclic) bond motifs is 1. The second-order valence-electron chi connectivity index (χ2n) is 7.27. The van der Waals surface area contributed by atoms with E-state index in [1.165, 1.54) is 32.7 Å². The van der Waals surface area contributed by atoms with Crippen LogP contribution in [-0.4, -0.2) is 39.8 Å². The highest BCUT2D eigenvalue weighted by molar-refractivity contribution is 7.16. The maximum absolute atomic E-state index is 12.3. The number of carbonyl (C=O) groups is 2. The Labute approximate surface area is 191 Å². The van der Waals surface area contributed by atoms with E-state index in [1.807, 2.05) is 0 Å². The molecule has 32 heavy (non-hydrogen) atoms. The van der Waals surface area contributed by atoms with Crippen LogP contribution in [0.5, 0.6) is 17.2 Å². The second-order valence-corrected chi connectivity index (χ2v) is 8.37. The number of aryl methyl sites for hydroxylation is 2. The van der Waals surface area contributed by atoms with Crippen LogP contribution in [0.2, 0.25) is 0 Å². The zero-order chi connectivity index (χ0) is 23.1. The Morgan fingerprint density at radius 2 is 1.78 bits per heavy atom. The van der Waals surface area contributed by atoms with Gasteiger partial charge >= 0.3 is 5.97 Å². The van der Waals surface area contributed by atoms with Gasteiger partial charge in [0.05, 0.1) is 26.9 Å². The lowest BCUT2D eigenvalue weighted by atomic mass is 9.96. The summed E-state index contributed by atoms with van der Waals surface area (Å²) in [5, 5.41) is 12.7. The molecule has 170 valence electrons. The van der Waals surface area contributed by atoms with Crippen LogP contribution in [0.25, 0.3) is 0 Å². The fourth-order valence-corrected chi connectivity index (χ4v) is 4.94. The van der Waals surface area contributed by atoms with Crippen LogP contribution in [0.1, 0.15) is 40.8 Å². The van der Waals surface area contributed by atoms with Crippen molar-refractivity contribution in [2.45, 2.75) is 38.5 Å². The monoisotopic (exact) mass is 458 g/mol. The van der Waals surface area contributed by atoms with Crippen LogP contribution < -0.4 is 19.5 Å². The molecule has 2 aromatic rings. The number of thiophene rings is 1. The molecule has 0 saturated heterocycles. The van der Waals surface area contributed by atoms with E-state index in [2.05, 4.69) is 11.4 Å². The lowest BCUT2D eigenvalue weighted by Gasteiger charge is -2.14. The SMILES string of the molecule is COc1cc(CCC(=O)OCC(=O)Nc2sc3c(c2C#N)CCCC3)cc(OC)c1OC. The largest absolute Gasteiger partial charge is 0.493 e. The number of rotatable bonds is 9. The van der Waals surface area contributed by atoms with Crippen molar-refractivity contribution in [1.29, 1.82) is 5.26 Å². The first-order valence-electron chi connectivity index (χ1n) is 10.3. The van der Waals surface area contributed by atoms with Crippen molar-refractivity contribution in [3.63, 3.8) is 0 Å². The Hall–Kier alpha value is -3.25. The lowest BCUT2D eigenvalue weighted by molar-refractivity contribution is -0.147. The number of nitrogens with zero attached hydrogens (tertiary/aromatic N) is 1. The number of nitriles is 1. The molecule has 0 spiro atoms. The molecule has 8 nitrogen and oxygen atoms in total. The molecule has 1 aromatic heterocycles. The topological polar surface area (TPSA) is 107 Å². The molecule has 3 rings (SSSR count). The van der Waals surface area contributed by atoms with Gasteiger partial charge in [-0.3, -0.25) is 9.59 Å². The Bertz CT molecular complexity index is 1010. The van der Waals surface area contributed by atoms with Crippen LogP contribution in [-0.2, 0) is 33.6 Å². The highest BCUT2D eigenvalue weighted by Gasteiger charge is 2.22. The maximum atomic E-state index is 12.3. The molecule has 1 N–H and O–H groups in total. The van der Waals surface area contributed by atoms with Gasteiger partial charge in [-0.05, 0) is 55.4 Å². The molecular weight excluding hydrogens is 432 g/mol. The van der Waals surface area contributed by atoms with Gasteiger partial charge in [-0.15, -0.1) is 11.3 Å². The molecule has 0 atom stereocenters. The Balaban J connectivity index is 1.53. The Morgan fingerprint density at radius 1 is 1.09 bits per heavy atom. The first kappa shape index (κ1) is 23.4. The number of hydrogen-bond acceptors (Lipinski definition) is 8. The first-order chi connectivity index (χ1) is 15.5. The fourth-order valence-electron chi connectivity index (χ4n) is 3.68. The summed E-state index contributed by atoms with van der Waals surface area (Å²) in [6, 6.07) is 5.73. The summed E-state index contributed by atoms with van der Waals surface area (Å²) in [5.74, 6) is 0.522. The van der Waals surface area contributed by atoms with Crippen molar-refractivity contribution in [1.82, 2.24) is 0 Å². The zero-order valence-corrected chi connectivity index (χ0v) is 19.2. The smallest absolute Gasteiger partial charge is 0.306 e. The van der Waals surface area contributed by atoms with Gasteiger partial charge in [-0.25, -0.2) is 0 Å². The second kappa shape index (κ2) is 10.9. The quantitative estimate of drug-likeness (QED) is 0.572. The van der Waals surface area contributed by atoms with Crippen molar-refractivity contribution in [3.05, 3.63) is 33.7 Å². The van der Waals surface area contributed by atoms with E-state index < -0.39 is 18.5 Å². The molecular formula is C23H26N2O6S. The van der Waals surface area contributed by atoms with Crippen molar-refractivity contribution < 1.29 is 28.5 Å². The standard InChI is InChI=1S/C23H26N2O6S/c1-28-17-10-14(11-18(29-2)22(17)30-3)8-9-21(27)31-13-20(26)25-23-16(12-24)15-6-4-5-7-19(15)32-23/h10-11H,4-9,13H2,1-3H3,(H,25,26). The number of methoxy groups -OCH3 is 3. The van der Waals surface area contributed by atoms with Gasteiger partial charge < -0.3 is 24.3 Å². The number of anilines is 1. The van der Waals surface area contributed by atoms with E-state index >= 15 is 0 Å². The van der Waals surface area contributed by atoms with Crippen molar-refractivity contribution in [2.75, 3.05) is 33.3 Å². The van der Waals surface area contributed by atoms with Gasteiger partial charge in [0.2, 0.25) is 5.75 Å². The summed E-state index contributed by atoms with van der Waals surface area (Å²) in [6.45, 7) is -0.401. The minimum absolute atomic E-state index is 0.0860. The molecule has 0 bridgehead atoms. The Morgan fingerprint density at radius 3 is 2.41 bits per heavy atom. The molecule has 1 heterocycles. The van der Waals surface area contributed by atoms with E-state index in [4.69, 9.17) is 18.9 Å². The molecule has 1 aromatic carbocycles. The van der Waals surface area contributed by atoms with Gasteiger partial charge in [0, 0.05) is 11.3 Å². The predicted molar refractivity (Wildman–Crippen MR) is 120 cm³/mol. The Kier molecular flexibility index (Phi) is 7.95. The summed E-state index contributed by atoms with van der Waals surface area (Å²) < 4.78 is 21.0. The molecule has 1 aliphatic carbocycles. The summed E-state index contributed by atoms with van der Waals surface area (Å²) >= 11 is 1.44. The molecule has 0 radical (unpaired) electrons. The fraction of sp³-hybridized carbons (Fsp3) is 0.435. The summed E-state index contributed by atoms with van der Waals surface area (Å²) in [4.78, 5) is 25.6. The van der Waals surface area contributed by atoms with Crippen LogP contribution in [0, 0.1) is 11.3 Å². The third kappa shape index (κ3) is 5.32. The lowest BCUT2D eigenvalue weighted by Crippen LogP contribution is -2.21. The van der Waals surface area contributed by atoms with Crippen molar-refractivity contribution >= 4 is 28.2 Å². The molecule has 1 amide bonds. The van der Waals surface area contributed by atoms with E-state index in [0.717, 1.165) is 41.7 Å². The van der Waals surface area contributed by atoms with Gasteiger partial charge in [0.1, 0.15) is 11.1 Å². The van der Waals surface area contributed by atoms with Gasteiger partial charge in [-0.2, -0.15) is 5.26 Å². The number of ether oxygens (including phenoxy) is 4. The van der Waals surface area contributed by atoms with Crippen LogP contribution in [0.3, 0.4) is 0 Å². The normalized spacial score (nSPS) is 12.3. The molecule has 1 aliphatic rings. The highest BCUT2D eigenvalue weighted by atomic mass is 32.1. The van der Waals surface area contributed by atoms with Crippen molar-refractivity contribution in [3.8, 4) is 23.3 Å². The van der Waals surface area contributed by atoms with Crippen LogP contribution >= 0.6 is 11.3 Å². The first-order valence-corrected chi connectivity index (χ1v) is 11.1. The predicted octanol–water partition coefficient (Wildman–Crippen LogP) is 3.64. The van der Waals surface area contributed by atoms with Gasteiger partial charge in [0.15, 0.2) is 18.1 Å². The molecule has 0 unspecified atom stereocenters. The summed E-state index contributed by atoms with van der Waals surface area (Å²) in [7, 11) is 4.57. The number of hydrogen-bond donors (Lipinski definition) is 1. The van der Waals surface area contributed by atoms with Gasteiger partial charge in [-0.1, -0.05) is 0 Å². The average molecular weight is 459 g/mol. The molecule has 0 aliphatic heterocycles. The zero-order valence-electron chi connectivity index (χ0n) is 18.4. The van der Waals surface area contributed by atoms with Crippen LogP contribution in [0.4, 0.5) is 5.00 Å². The van der Waals surface area contributed by atoms with Crippen LogP contribution in [0.15, 0.2) is 12.1 Å². The third-order valence-electron chi connectivity index (χ3n) is 5.24. The minimum Gasteiger partial charge on any atom is -0.493 e. The molecule has 0 fully saturated rings.